The smallest absolute Gasteiger partial charge is 0.371 e. The number of hydrogen-bond acceptors (Lipinski definition) is 4. The van der Waals surface area contributed by atoms with E-state index in [0.717, 1.165) is 6.20 Å². The number of hydrogen-bond donors (Lipinski definition) is 0. The van der Waals surface area contributed by atoms with Crippen LogP contribution in [-0.4, -0.2) is 23.5 Å². The molecule has 0 aliphatic heterocycles. The van der Waals surface area contributed by atoms with Gasteiger partial charge in [0.2, 0.25) is 0 Å². The van der Waals surface area contributed by atoms with Crippen molar-refractivity contribution in [2.45, 2.75) is 26.1 Å². The minimum atomic E-state index is -4.50. The minimum absolute atomic E-state index is 0.0343. The predicted molar refractivity (Wildman–Crippen MR) is 52.5 cm³/mol. The van der Waals surface area contributed by atoms with Crippen LogP contribution in [0.4, 0.5) is 13.2 Å². The second-order valence-electron chi connectivity index (χ2n) is 3.31. The van der Waals surface area contributed by atoms with E-state index in [1.54, 1.807) is 13.8 Å². The number of carbonyl (C=O) groups excluding carboxylic acids is 1. The van der Waals surface area contributed by atoms with Crippen molar-refractivity contribution in [3.8, 4) is 0 Å². The molecule has 0 aliphatic rings. The Kier molecular flexibility index (Phi) is 4.03. The van der Waals surface area contributed by atoms with E-state index < -0.39 is 17.0 Å². The van der Waals surface area contributed by atoms with Gasteiger partial charge in [0.05, 0.1) is 11.0 Å². The van der Waals surface area contributed by atoms with Crippen LogP contribution in [0.5, 0.6) is 0 Å². The number of ketones is 1. The number of carbonyl (C=O) groups is 1. The third kappa shape index (κ3) is 3.57. The van der Waals surface area contributed by atoms with Crippen molar-refractivity contribution < 1.29 is 22.7 Å². The van der Waals surface area contributed by atoms with E-state index in [-0.39, 0.29) is 17.6 Å². The van der Waals surface area contributed by atoms with Crippen molar-refractivity contribution in [1.82, 2.24) is 4.98 Å². The van der Waals surface area contributed by atoms with E-state index in [2.05, 4.69) is 4.98 Å². The molecule has 0 aliphatic carbocycles. The number of rotatable bonds is 4. The van der Waals surface area contributed by atoms with Gasteiger partial charge in [0, 0.05) is 6.20 Å². The van der Waals surface area contributed by atoms with E-state index in [4.69, 9.17) is 4.74 Å². The fraction of sp³-hybridized carbons (Fsp3) is 0.556. The molecule has 7 heteroatoms. The SMILES string of the molecule is CC(C)OCC(=O)c1cnc(C(F)(F)F)s1. The summed E-state index contributed by atoms with van der Waals surface area (Å²) in [4.78, 5) is 14.5. The number of nitrogens with zero attached hydrogens (tertiary/aromatic N) is 1. The molecule has 1 rings (SSSR count). The lowest BCUT2D eigenvalue weighted by Crippen LogP contribution is -2.12. The van der Waals surface area contributed by atoms with E-state index in [0.29, 0.717) is 11.3 Å². The van der Waals surface area contributed by atoms with Gasteiger partial charge in [0.1, 0.15) is 6.61 Å². The Balaban J connectivity index is 2.67. The standard InChI is InChI=1S/C9H10F3NO2S/c1-5(2)15-4-6(14)7-3-13-8(16-7)9(10,11)12/h3,5H,4H2,1-2H3. The van der Waals surface area contributed by atoms with Gasteiger partial charge >= 0.3 is 6.18 Å². The van der Waals surface area contributed by atoms with Crippen LogP contribution in [0.25, 0.3) is 0 Å². The van der Waals surface area contributed by atoms with Crippen LogP contribution in [-0.2, 0) is 10.9 Å². The van der Waals surface area contributed by atoms with Crippen LogP contribution in [0.3, 0.4) is 0 Å². The summed E-state index contributed by atoms with van der Waals surface area (Å²) in [6.45, 7) is 3.25. The zero-order chi connectivity index (χ0) is 12.3. The molecule has 0 bridgehead atoms. The summed E-state index contributed by atoms with van der Waals surface area (Å²) in [5, 5.41) is -1.01. The van der Waals surface area contributed by atoms with E-state index in [1.165, 1.54) is 0 Å². The van der Waals surface area contributed by atoms with Crippen LogP contribution in [0.15, 0.2) is 6.20 Å². The van der Waals surface area contributed by atoms with Gasteiger partial charge in [-0.05, 0) is 13.8 Å². The summed E-state index contributed by atoms with van der Waals surface area (Å²) in [6.07, 6.45) is -3.71. The lowest BCUT2D eigenvalue weighted by atomic mass is 10.3. The predicted octanol–water partition coefficient (Wildman–Crippen LogP) is 2.77. The summed E-state index contributed by atoms with van der Waals surface area (Å²) >= 11 is 0.334. The Bertz CT molecular complexity index is 373. The molecular weight excluding hydrogens is 243 g/mol. The van der Waals surface area contributed by atoms with Crippen LogP contribution in [0.2, 0.25) is 0 Å². The molecule has 1 heterocycles. The molecule has 0 atom stereocenters. The first-order valence-electron chi connectivity index (χ1n) is 4.48. The second-order valence-corrected chi connectivity index (χ2v) is 4.34. The lowest BCUT2D eigenvalue weighted by Gasteiger charge is -2.04. The average Bonchev–Trinajstić information content (AvgIpc) is 2.61. The molecule has 0 amide bonds. The molecular formula is C9H10F3NO2S. The zero-order valence-electron chi connectivity index (χ0n) is 8.67. The van der Waals surface area contributed by atoms with Crippen molar-refractivity contribution in [1.29, 1.82) is 0 Å². The fourth-order valence-electron chi connectivity index (χ4n) is 0.848. The molecule has 0 saturated carbocycles. The van der Waals surface area contributed by atoms with Gasteiger partial charge < -0.3 is 4.74 Å². The number of Topliss-reactive ketones (excluding diaryl/α,β-unsaturated/α-hetero) is 1. The highest BCUT2D eigenvalue weighted by Gasteiger charge is 2.35. The quantitative estimate of drug-likeness (QED) is 0.774. The first-order chi connectivity index (χ1) is 7.30. The minimum Gasteiger partial charge on any atom is -0.371 e. The Morgan fingerprint density at radius 2 is 2.19 bits per heavy atom. The summed E-state index contributed by atoms with van der Waals surface area (Å²) in [5.41, 5.74) is 0. The van der Waals surface area contributed by atoms with Crippen molar-refractivity contribution in [3.63, 3.8) is 0 Å². The van der Waals surface area contributed by atoms with Crippen LogP contribution in [0.1, 0.15) is 28.5 Å². The second kappa shape index (κ2) is 4.92. The monoisotopic (exact) mass is 253 g/mol. The lowest BCUT2D eigenvalue weighted by molar-refractivity contribution is -0.137. The van der Waals surface area contributed by atoms with Crippen molar-refractivity contribution in [3.05, 3.63) is 16.1 Å². The van der Waals surface area contributed by atoms with E-state index >= 15 is 0 Å². The molecule has 90 valence electrons. The Labute approximate surface area is 94.3 Å². The van der Waals surface area contributed by atoms with Crippen LogP contribution < -0.4 is 0 Å². The van der Waals surface area contributed by atoms with Gasteiger partial charge in [-0.2, -0.15) is 13.2 Å². The summed E-state index contributed by atoms with van der Waals surface area (Å²) < 4.78 is 41.6. The summed E-state index contributed by atoms with van der Waals surface area (Å²) in [6, 6.07) is 0. The van der Waals surface area contributed by atoms with Gasteiger partial charge in [0.25, 0.3) is 0 Å². The third-order valence-electron chi connectivity index (χ3n) is 1.57. The third-order valence-corrected chi connectivity index (χ3v) is 2.65. The largest absolute Gasteiger partial charge is 0.443 e. The van der Waals surface area contributed by atoms with Crippen molar-refractivity contribution in [2.24, 2.45) is 0 Å². The highest BCUT2D eigenvalue weighted by Crippen LogP contribution is 2.32. The van der Waals surface area contributed by atoms with Gasteiger partial charge in [-0.25, -0.2) is 4.98 Å². The van der Waals surface area contributed by atoms with E-state index in [9.17, 15) is 18.0 Å². The Hall–Kier alpha value is -0.950. The maximum absolute atomic E-state index is 12.2. The molecule has 1 aromatic heterocycles. The van der Waals surface area contributed by atoms with Gasteiger partial charge in [0.15, 0.2) is 10.8 Å². The average molecular weight is 253 g/mol. The van der Waals surface area contributed by atoms with Gasteiger partial charge in [-0.1, -0.05) is 0 Å². The fourth-order valence-corrected chi connectivity index (χ4v) is 1.56. The first-order valence-corrected chi connectivity index (χ1v) is 5.30. The van der Waals surface area contributed by atoms with Gasteiger partial charge in [-0.15, -0.1) is 11.3 Å². The number of ether oxygens (including phenoxy) is 1. The molecule has 3 nitrogen and oxygen atoms in total. The number of aromatic nitrogens is 1. The highest BCUT2D eigenvalue weighted by atomic mass is 32.1. The molecule has 0 unspecified atom stereocenters. The molecule has 16 heavy (non-hydrogen) atoms. The maximum Gasteiger partial charge on any atom is 0.443 e. The number of halogens is 3. The molecule has 0 fully saturated rings. The molecule has 0 aromatic carbocycles. The normalized spacial score (nSPS) is 12.1. The number of alkyl halides is 3. The van der Waals surface area contributed by atoms with Crippen LogP contribution >= 0.6 is 11.3 Å². The maximum atomic E-state index is 12.2. The number of thiazole rings is 1. The highest BCUT2D eigenvalue weighted by molar-refractivity contribution is 7.13. The van der Waals surface area contributed by atoms with E-state index in [1.807, 2.05) is 0 Å². The molecule has 0 radical (unpaired) electrons. The zero-order valence-corrected chi connectivity index (χ0v) is 9.48. The van der Waals surface area contributed by atoms with Crippen molar-refractivity contribution >= 4 is 17.1 Å². The van der Waals surface area contributed by atoms with Crippen LogP contribution in [0, 0.1) is 0 Å². The topological polar surface area (TPSA) is 39.2 Å². The first kappa shape index (κ1) is 13.1. The molecule has 0 N–H and O–H groups in total. The van der Waals surface area contributed by atoms with Crippen molar-refractivity contribution in [2.75, 3.05) is 6.61 Å². The Morgan fingerprint density at radius 1 is 1.56 bits per heavy atom. The summed E-state index contributed by atoms with van der Waals surface area (Å²) in [7, 11) is 0. The molecule has 0 saturated heterocycles. The van der Waals surface area contributed by atoms with Gasteiger partial charge in [-0.3, -0.25) is 4.79 Å². The Morgan fingerprint density at radius 3 is 2.62 bits per heavy atom. The molecule has 1 aromatic rings. The summed E-state index contributed by atoms with van der Waals surface area (Å²) in [5.74, 6) is -0.485. The molecule has 0 spiro atoms.